The van der Waals surface area contributed by atoms with E-state index in [0.717, 1.165) is 25.7 Å². The fourth-order valence-corrected chi connectivity index (χ4v) is 3.35. The van der Waals surface area contributed by atoms with Crippen molar-refractivity contribution in [3.05, 3.63) is 0 Å². The first-order valence-corrected chi connectivity index (χ1v) is 8.89. The molecule has 6 nitrogen and oxygen atoms in total. The number of nitrogens with one attached hydrogen (secondary N) is 1. The summed E-state index contributed by atoms with van der Waals surface area (Å²) in [5.41, 5.74) is -0.596. The minimum atomic E-state index is -1.37. The van der Waals surface area contributed by atoms with Crippen molar-refractivity contribution in [3.63, 3.8) is 0 Å². The van der Waals surface area contributed by atoms with E-state index in [1.807, 2.05) is 6.92 Å². The molecule has 1 fully saturated rings. The van der Waals surface area contributed by atoms with Gasteiger partial charge in [0.25, 0.3) is 0 Å². The van der Waals surface area contributed by atoms with Gasteiger partial charge in [-0.1, -0.05) is 40.0 Å². The number of carboxylic acid groups (broad SMARTS) is 2. The summed E-state index contributed by atoms with van der Waals surface area (Å²) in [6.07, 6.45) is 6.42. The van der Waals surface area contributed by atoms with Crippen molar-refractivity contribution in [1.29, 1.82) is 0 Å². The highest BCUT2D eigenvalue weighted by Crippen LogP contribution is 2.40. The number of aliphatic carboxylic acids is 2. The Labute approximate surface area is 144 Å². The van der Waals surface area contributed by atoms with Crippen molar-refractivity contribution in [2.45, 2.75) is 78.2 Å². The molecule has 138 valence electrons. The molecule has 0 spiro atoms. The lowest BCUT2D eigenvalue weighted by Gasteiger charge is -2.36. The van der Waals surface area contributed by atoms with Crippen LogP contribution in [0.5, 0.6) is 0 Å². The predicted octanol–water partition coefficient (Wildman–Crippen LogP) is 3.05. The normalized spacial score (nSPS) is 25.2. The molecule has 3 N–H and O–H groups in total. The number of rotatable bonds is 9. The Balaban J connectivity index is 2.50. The summed E-state index contributed by atoms with van der Waals surface area (Å²) < 4.78 is 0. The highest BCUT2D eigenvalue weighted by molar-refractivity contribution is 5.89. The largest absolute Gasteiger partial charge is 0.481 e. The highest BCUT2D eigenvalue weighted by atomic mass is 16.4. The molecule has 6 heteroatoms. The van der Waals surface area contributed by atoms with E-state index in [2.05, 4.69) is 19.2 Å². The van der Waals surface area contributed by atoms with Crippen LogP contribution in [0.2, 0.25) is 0 Å². The Bertz CT molecular complexity index is 452. The van der Waals surface area contributed by atoms with E-state index in [0.29, 0.717) is 11.8 Å². The molecule has 24 heavy (non-hydrogen) atoms. The Morgan fingerprint density at radius 2 is 1.75 bits per heavy atom. The summed E-state index contributed by atoms with van der Waals surface area (Å²) in [4.78, 5) is 34.3. The van der Waals surface area contributed by atoms with E-state index in [1.54, 1.807) is 0 Å². The minimum Gasteiger partial charge on any atom is -0.481 e. The van der Waals surface area contributed by atoms with Gasteiger partial charge in [0.1, 0.15) is 6.04 Å². The molecule has 0 heterocycles. The van der Waals surface area contributed by atoms with Crippen molar-refractivity contribution in [2.24, 2.45) is 17.3 Å². The van der Waals surface area contributed by atoms with Gasteiger partial charge in [-0.05, 0) is 37.5 Å². The van der Waals surface area contributed by atoms with E-state index in [-0.39, 0.29) is 5.91 Å². The number of carboxylic acids is 2. The van der Waals surface area contributed by atoms with Gasteiger partial charge in [0.15, 0.2) is 0 Å². The third-order valence-corrected chi connectivity index (χ3v) is 5.13. The van der Waals surface area contributed by atoms with Gasteiger partial charge in [-0.2, -0.15) is 0 Å². The maximum absolute atomic E-state index is 12.5. The molecule has 1 rings (SSSR count). The minimum absolute atomic E-state index is 0.336. The van der Waals surface area contributed by atoms with Gasteiger partial charge >= 0.3 is 11.9 Å². The molecule has 0 aromatic heterocycles. The second kappa shape index (κ2) is 9.04. The molecule has 0 aromatic carbocycles. The summed E-state index contributed by atoms with van der Waals surface area (Å²) in [5.74, 6) is -1.53. The van der Waals surface area contributed by atoms with Crippen LogP contribution < -0.4 is 5.32 Å². The third-order valence-electron chi connectivity index (χ3n) is 5.13. The first-order chi connectivity index (χ1) is 11.1. The van der Waals surface area contributed by atoms with E-state index in [1.165, 1.54) is 19.3 Å². The quantitative estimate of drug-likeness (QED) is 0.598. The highest BCUT2D eigenvalue weighted by Gasteiger charge is 2.39. The zero-order valence-electron chi connectivity index (χ0n) is 15.0. The Hall–Kier alpha value is -1.59. The Kier molecular flexibility index (Phi) is 7.70. The second-order valence-corrected chi connectivity index (χ2v) is 7.79. The van der Waals surface area contributed by atoms with Gasteiger partial charge in [0.2, 0.25) is 5.91 Å². The standard InChI is InChI=1S/C18H31NO5/c1-12(2)5-4-6-13-7-9-18(3,10-8-13)17(24)19-14(16(22)23)11-15(20)21/h12-14H,4-11H2,1-3H3,(H,19,24)(H,20,21)(H,22,23)/t13-,14-,18-/m0/s1. The molecule has 0 aromatic rings. The number of carbonyl (C=O) groups is 3. The maximum Gasteiger partial charge on any atom is 0.326 e. The Morgan fingerprint density at radius 1 is 1.17 bits per heavy atom. The van der Waals surface area contributed by atoms with Crippen molar-refractivity contribution in [1.82, 2.24) is 5.32 Å². The lowest BCUT2D eigenvalue weighted by Crippen LogP contribution is -2.49. The average Bonchev–Trinajstić information content (AvgIpc) is 2.47. The summed E-state index contributed by atoms with van der Waals surface area (Å²) in [5, 5.41) is 20.2. The molecule has 1 aliphatic rings. The predicted molar refractivity (Wildman–Crippen MR) is 90.6 cm³/mol. The third kappa shape index (κ3) is 6.49. The zero-order valence-corrected chi connectivity index (χ0v) is 15.0. The van der Waals surface area contributed by atoms with Crippen LogP contribution >= 0.6 is 0 Å². The zero-order chi connectivity index (χ0) is 18.3. The van der Waals surface area contributed by atoms with Crippen LogP contribution in [0.25, 0.3) is 0 Å². The number of hydrogen-bond acceptors (Lipinski definition) is 3. The van der Waals surface area contributed by atoms with Crippen molar-refractivity contribution >= 4 is 17.8 Å². The fourth-order valence-electron chi connectivity index (χ4n) is 3.35. The van der Waals surface area contributed by atoms with Crippen LogP contribution in [0.1, 0.15) is 72.1 Å². The number of hydrogen-bond donors (Lipinski definition) is 3. The van der Waals surface area contributed by atoms with E-state index in [4.69, 9.17) is 10.2 Å². The van der Waals surface area contributed by atoms with Crippen LogP contribution in [0, 0.1) is 17.3 Å². The first-order valence-electron chi connectivity index (χ1n) is 8.89. The summed E-state index contributed by atoms with van der Waals surface area (Å²) in [6, 6.07) is -1.37. The van der Waals surface area contributed by atoms with Gasteiger partial charge in [-0.3, -0.25) is 9.59 Å². The summed E-state index contributed by atoms with van der Waals surface area (Å²) >= 11 is 0. The van der Waals surface area contributed by atoms with Gasteiger partial charge in [0.05, 0.1) is 6.42 Å². The molecule has 1 saturated carbocycles. The average molecular weight is 341 g/mol. The molecule has 0 saturated heterocycles. The van der Waals surface area contributed by atoms with Gasteiger partial charge in [-0.25, -0.2) is 4.79 Å². The lowest BCUT2D eigenvalue weighted by molar-refractivity contribution is -0.148. The van der Waals surface area contributed by atoms with Crippen molar-refractivity contribution in [2.75, 3.05) is 0 Å². The van der Waals surface area contributed by atoms with Gasteiger partial charge in [-0.15, -0.1) is 0 Å². The molecular formula is C18H31NO5. The smallest absolute Gasteiger partial charge is 0.326 e. The van der Waals surface area contributed by atoms with E-state index >= 15 is 0 Å². The summed E-state index contributed by atoms with van der Waals surface area (Å²) in [6.45, 7) is 6.29. The van der Waals surface area contributed by atoms with E-state index in [9.17, 15) is 14.4 Å². The molecule has 1 amide bonds. The second-order valence-electron chi connectivity index (χ2n) is 7.79. The monoisotopic (exact) mass is 341 g/mol. The number of amides is 1. The van der Waals surface area contributed by atoms with E-state index < -0.39 is 29.8 Å². The lowest BCUT2D eigenvalue weighted by atomic mass is 9.70. The molecule has 0 aliphatic heterocycles. The van der Waals surface area contributed by atoms with Gasteiger partial charge in [0, 0.05) is 5.41 Å². The van der Waals surface area contributed by atoms with Crippen LogP contribution in [-0.2, 0) is 14.4 Å². The van der Waals surface area contributed by atoms with Crippen LogP contribution in [0.3, 0.4) is 0 Å². The molecule has 1 aliphatic carbocycles. The molecule has 0 radical (unpaired) electrons. The van der Waals surface area contributed by atoms with Crippen molar-refractivity contribution in [3.8, 4) is 0 Å². The SMILES string of the molecule is CC(C)CCC[C@H]1CC[C@](C)(C(=O)N[C@@H](CC(=O)O)C(=O)O)CC1. The van der Waals surface area contributed by atoms with Gasteiger partial charge < -0.3 is 15.5 Å². The molecule has 0 bridgehead atoms. The topological polar surface area (TPSA) is 104 Å². The molecular weight excluding hydrogens is 310 g/mol. The first kappa shape index (κ1) is 20.5. The molecule has 0 unspecified atom stereocenters. The summed E-state index contributed by atoms with van der Waals surface area (Å²) in [7, 11) is 0. The van der Waals surface area contributed by atoms with Crippen LogP contribution in [-0.4, -0.2) is 34.1 Å². The maximum atomic E-state index is 12.5. The van der Waals surface area contributed by atoms with Crippen LogP contribution in [0.15, 0.2) is 0 Å². The van der Waals surface area contributed by atoms with Crippen molar-refractivity contribution < 1.29 is 24.6 Å². The number of carbonyl (C=O) groups excluding carboxylic acids is 1. The van der Waals surface area contributed by atoms with Crippen LogP contribution in [0.4, 0.5) is 0 Å². The Morgan fingerprint density at radius 3 is 2.21 bits per heavy atom. The fraction of sp³-hybridized carbons (Fsp3) is 0.833. The molecule has 1 atom stereocenters.